The number of aromatic carboxylic acids is 1. The van der Waals surface area contributed by atoms with Crippen molar-refractivity contribution in [2.75, 3.05) is 20.8 Å². The van der Waals surface area contributed by atoms with Crippen molar-refractivity contribution in [1.29, 1.82) is 0 Å². The molecule has 144 valence electrons. The highest BCUT2D eigenvalue weighted by molar-refractivity contribution is 5.97. The molecule has 2 aromatic rings. The van der Waals surface area contributed by atoms with Crippen molar-refractivity contribution < 1.29 is 24.2 Å². The molecule has 1 unspecified atom stereocenters. The van der Waals surface area contributed by atoms with Crippen LogP contribution in [-0.2, 0) is 6.42 Å². The minimum absolute atomic E-state index is 0.110. The normalized spacial score (nSPS) is 11.6. The number of methoxy groups -OCH3 is 2. The van der Waals surface area contributed by atoms with Crippen molar-refractivity contribution in [1.82, 2.24) is 5.32 Å². The quantitative estimate of drug-likeness (QED) is 0.744. The number of hydrogen-bond donors (Lipinski definition) is 2. The van der Waals surface area contributed by atoms with E-state index in [9.17, 15) is 9.59 Å². The third kappa shape index (κ3) is 5.48. The molecule has 2 N–H and O–H groups in total. The van der Waals surface area contributed by atoms with E-state index in [0.29, 0.717) is 23.6 Å². The number of benzene rings is 2. The number of carbonyl (C=O) groups excluding carboxylic acids is 1. The fraction of sp³-hybridized carbons (Fsp3) is 0.333. The first-order valence-corrected chi connectivity index (χ1v) is 8.68. The number of nitrogens with one attached hydrogen (secondary N) is 1. The molecule has 0 heterocycles. The molecule has 0 fully saturated rings. The lowest BCUT2D eigenvalue weighted by Gasteiger charge is -2.15. The predicted octanol–water partition coefficient (Wildman–Crippen LogP) is 3.32. The molecule has 6 nitrogen and oxygen atoms in total. The van der Waals surface area contributed by atoms with Crippen LogP contribution in [0.5, 0.6) is 11.5 Å². The first kappa shape index (κ1) is 20.3. The van der Waals surface area contributed by atoms with Gasteiger partial charge in [-0.15, -0.1) is 0 Å². The van der Waals surface area contributed by atoms with Gasteiger partial charge in [-0.05, 0) is 60.7 Å². The summed E-state index contributed by atoms with van der Waals surface area (Å²) in [4.78, 5) is 23.5. The average molecular weight is 371 g/mol. The van der Waals surface area contributed by atoms with Gasteiger partial charge in [-0.1, -0.05) is 13.0 Å². The summed E-state index contributed by atoms with van der Waals surface area (Å²) >= 11 is 0. The van der Waals surface area contributed by atoms with Crippen molar-refractivity contribution in [3.05, 3.63) is 58.7 Å². The SMILES string of the molecule is COc1ccc(CC(C)CNC(=O)c2cc(C)cc(C(=O)O)c2)cc1OC. The third-order valence-electron chi connectivity index (χ3n) is 4.23. The Balaban J connectivity index is 1.98. The maximum absolute atomic E-state index is 12.4. The van der Waals surface area contributed by atoms with Crippen LogP contribution in [0.4, 0.5) is 0 Å². The molecular formula is C21H25NO5. The van der Waals surface area contributed by atoms with Gasteiger partial charge in [-0.25, -0.2) is 4.79 Å². The first-order chi connectivity index (χ1) is 12.8. The molecule has 27 heavy (non-hydrogen) atoms. The Morgan fingerprint density at radius 1 is 1.04 bits per heavy atom. The minimum atomic E-state index is -1.05. The van der Waals surface area contributed by atoms with Gasteiger partial charge >= 0.3 is 5.97 Å². The molecule has 2 rings (SSSR count). The maximum Gasteiger partial charge on any atom is 0.335 e. The van der Waals surface area contributed by atoms with Gasteiger partial charge in [0.25, 0.3) is 5.91 Å². The predicted molar refractivity (Wildman–Crippen MR) is 103 cm³/mol. The molecule has 0 saturated heterocycles. The molecule has 6 heteroatoms. The van der Waals surface area contributed by atoms with E-state index in [0.717, 1.165) is 17.5 Å². The van der Waals surface area contributed by atoms with Gasteiger partial charge in [0, 0.05) is 12.1 Å². The molecule has 0 aromatic heterocycles. The van der Waals surface area contributed by atoms with E-state index in [2.05, 4.69) is 5.32 Å². The van der Waals surface area contributed by atoms with Gasteiger partial charge in [-0.3, -0.25) is 4.79 Å². The molecule has 0 radical (unpaired) electrons. The second-order valence-electron chi connectivity index (χ2n) is 6.60. The number of aryl methyl sites for hydroxylation is 1. The lowest BCUT2D eigenvalue weighted by Crippen LogP contribution is -2.29. The van der Waals surface area contributed by atoms with E-state index < -0.39 is 5.97 Å². The molecule has 2 aromatic carbocycles. The monoisotopic (exact) mass is 371 g/mol. The van der Waals surface area contributed by atoms with E-state index in [1.807, 2.05) is 25.1 Å². The van der Waals surface area contributed by atoms with Crippen molar-refractivity contribution in [2.24, 2.45) is 5.92 Å². The Bertz CT molecular complexity index is 831. The number of carboxylic acids is 1. The fourth-order valence-corrected chi connectivity index (χ4v) is 2.89. The summed E-state index contributed by atoms with van der Waals surface area (Å²) in [6.45, 7) is 4.28. The van der Waals surface area contributed by atoms with Crippen molar-refractivity contribution >= 4 is 11.9 Å². The average Bonchev–Trinajstić information content (AvgIpc) is 2.65. The van der Waals surface area contributed by atoms with Crippen LogP contribution in [0, 0.1) is 12.8 Å². The Hall–Kier alpha value is -3.02. The topological polar surface area (TPSA) is 84.9 Å². The molecule has 0 aliphatic heterocycles. The van der Waals surface area contributed by atoms with Gasteiger partial charge < -0.3 is 19.9 Å². The summed E-state index contributed by atoms with van der Waals surface area (Å²) < 4.78 is 10.5. The molecule has 0 saturated carbocycles. The van der Waals surface area contributed by atoms with E-state index in [1.54, 1.807) is 33.3 Å². The summed E-state index contributed by atoms with van der Waals surface area (Å²) in [5.41, 5.74) is 2.28. The molecular weight excluding hydrogens is 346 g/mol. The lowest BCUT2D eigenvalue weighted by molar-refractivity contribution is 0.0696. The summed E-state index contributed by atoms with van der Waals surface area (Å²) in [5, 5.41) is 12.0. The smallest absolute Gasteiger partial charge is 0.335 e. The Morgan fingerprint density at radius 3 is 2.33 bits per heavy atom. The summed E-state index contributed by atoms with van der Waals surface area (Å²) in [6.07, 6.45) is 0.759. The first-order valence-electron chi connectivity index (χ1n) is 8.68. The van der Waals surface area contributed by atoms with Crippen LogP contribution < -0.4 is 14.8 Å². The van der Waals surface area contributed by atoms with Crippen LogP contribution in [-0.4, -0.2) is 37.7 Å². The lowest BCUT2D eigenvalue weighted by atomic mass is 10.00. The van der Waals surface area contributed by atoms with Crippen LogP contribution in [0.2, 0.25) is 0 Å². The number of rotatable bonds is 8. The summed E-state index contributed by atoms with van der Waals surface area (Å²) in [5.74, 6) is 0.217. The van der Waals surface area contributed by atoms with Crippen molar-refractivity contribution in [2.45, 2.75) is 20.3 Å². The van der Waals surface area contributed by atoms with Gasteiger partial charge in [0.15, 0.2) is 11.5 Å². The maximum atomic E-state index is 12.4. The Kier molecular flexibility index (Phi) is 6.82. The zero-order chi connectivity index (χ0) is 20.0. The zero-order valence-electron chi connectivity index (χ0n) is 16.0. The van der Waals surface area contributed by atoms with E-state index in [1.165, 1.54) is 6.07 Å². The van der Waals surface area contributed by atoms with Crippen LogP contribution in [0.3, 0.4) is 0 Å². The van der Waals surface area contributed by atoms with E-state index >= 15 is 0 Å². The number of amides is 1. The number of carboxylic acid groups (broad SMARTS) is 1. The highest BCUT2D eigenvalue weighted by atomic mass is 16.5. The van der Waals surface area contributed by atoms with Crippen LogP contribution in [0.1, 0.15) is 38.8 Å². The van der Waals surface area contributed by atoms with Crippen LogP contribution in [0.25, 0.3) is 0 Å². The molecule has 0 aliphatic carbocycles. The fourth-order valence-electron chi connectivity index (χ4n) is 2.89. The minimum Gasteiger partial charge on any atom is -0.493 e. The molecule has 0 bridgehead atoms. The van der Waals surface area contributed by atoms with E-state index in [4.69, 9.17) is 14.6 Å². The van der Waals surface area contributed by atoms with Gasteiger partial charge in [0.05, 0.1) is 19.8 Å². The molecule has 0 aliphatic rings. The molecule has 1 amide bonds. The highest BCUT2D eigenvalue weighted by Crippen LogP contribution is 2.28. The molecule has 0 spiro atoms. The number of carbonyl (C=O) groups is 2. The second kappa shape index (κ2) is 9.07. The van der Waals surface area contributed by atoms with Crippen molar-refractivity contribution in [3.8, 4) is 11.5 Å². The summed E-state index contributed by atoms with van der Waals surface area (Å²) in [6, 6.07) is 10.4. The summed E-state index contributed by atoms with van der Waals surface area (Å²) in [7, 11) is 3.19. The van der Waals surface area contributed by atoms with E-state index in [-0.39, 0.29) is 17.4 Å². The largest absolute Gasteiger partial charge is 0.493 e. The van der Waals surface area contributed by atoms with Gasteiger partial charge in [-0.2, -0.15) is 0 Å². The van der Waals surface area contributed by atoms with Crippen LogP contribution in [0.15, 0.2) is 36.4 Å². The second-order valence-corrected chi connectivity index (χ2v) is 6.60. The standard InChI is InChI=1S/C21H25NO5/c1-13-8-16(11-17(9-13)21(24)25)20(23)22-12-14(2)7-15-5-6-18(26-3)19(10-15)27-4/h5-6,8-11,14H,7,12H2,1-4H3,(H,22,23)(H,24,25). The van der Waals surface area contributed by atoms with Crippen LogP contribution >= 0.6 is 0 Å². The Labute approximate surface area is 159 Å². The van der Waals surface area contributed by atoms with Crippen molar-refractivity contribution in [3.63, 3.8) is 0 Å². The number of ether oxygens (including phenoxy) is 2. The number of hydrogen-bond acceptors (Lipinski definition) is 4. The van der Waals surface area contributed by atoms with Gasteiger partial charge in [0.2, 0.25) is 0 Å². The zero-order valence-corrected chi connectivity index (χ0v) is 16.0. The Morgan fingerprint density at radius 2 is 1.70 bits per heavy atom. The highest BCUT2D eigenvalue weighted by Gasteiger charge is 2.13. The molecule has 1 atom stereocenters. The third-order valence-corrected chi connectivity index (χ3v) is 4.23. The van der Waals surface area contributed by atoms with Gasteiger partial charge in [0.1, 0.15) is 0 Å².